The van der Waals surface area contributed by atoms with Crippen LogP contribution in [0, 0.1) is 6.92 Å². The van der Waals surface area contributed by atoms with Crippen LogP contribution in [0.1, 0.15) is 12.0 Å². The lowest BCUT2D eigenvalue weighted by atomic mass is 10.1. The summed E-state index contributed by atoms with van der Waals surface area (Å²) in [5.41, 5.74) is 3.05. The Labute approximate surface area is 140 Å². The molecule has 0 unspecified atom stereocenters. The van der Waals surface area contributed by atoms with Crippen LogP contribution in [0.5, 0.6) is 0 Å². The zero-order chi connectivity index (χ0) is 16.1. The number of thioether (sulfide) groups is 1. The lowest BCUT2D eigenvalue weighted by molar-refractivity contribution is -0.115. The number of anilines is 1. The molecular weight excluding hydrogens is 304 g/mol. The number of para-hydroxylation sites is 2. The summed E-state index contributed by atoms with van der Waals surface area (Å²) in [6.07, 6.45) is 0.465. The van der Waals surface area contributed by atoms with E-state index in [0.29, 0.717) is 12.2 Å². The molecule has 23 heavy (non-hydrogen) atoms. The predicted molar refractivity (Wildman–Crippen MR) is 96.9 cm³/mol. The summed E-state index contributed by atoms with van der Waals surface area (Å²) in [4.78, 5) is 16.6. The number of hydrogen-bond acceptors (Lipinski definition) is 3. The second-order valence-electron chi connectivity index (χ2n) is 5.31. The van der Waals surface area contributed by atoms with E-state index in [4.69, 9.17) is 0 Å². The van der Waals surface area contributed by atoms with Crippen molar-refractivity contribution in [2.24, 2.45) is 0 Å². The predicted octanol–water partition coefficient (Wildman–Crippen LogP) is 4.66. The number of aryl methyl sites for hydroxylation is 1. The lowest BCUT2D eigenvalue weighted by Gasteiger charge is -2.07. The highest BCUT2D eigenvalue weighted by Gasteiger charge is 2.06. The highest BCUT2D eigenvalue weighted by molar-refractivity contribution is 7.99. The number of rotatable bonds is 5. The Bertz CT molecular complexity index is 818. The van der Waals surface area contributed by atoms with Crippen LogP contribution in [0.15, 0.2) is 65.7 Å². The Kier molecular flexibility index (Phi) is 4.93. The Morgan fingerprint density at radius 3 is 2.65 bits per heavy atom. The van der Waals surface area contributed by atoms with Gasteiger partial charge in [-0.25, -0.2) is 4.98 Å². The van der Waals surface area contributed by atoms with Crippen molar-refractivity contribution in [2.45, 2.75) is 18.4 Å². The molecule has 1 aromatic heterocycles. The van der Waals surface area contributed by atoms with E-state index in [-0.39, 0.29) is 5.91 Å². The van der Waals surface area contributed by atoms with Gasteiger partial charge in [0.25, 0.3) is 0 Å². The highest BCUT2D eigenvalue weighted by atomic mass is 32.2. The molecular formula is C19H18N2OS. The van der Waals surface area contributed by atoms with Crippen molar-refractivity contribution in [1.82, 2.24) is 4.98 Å². The number of benzene rings is 2. The maximum atomic E-state index is 11.9. The van der Waals surface area contributed by atoms with Gasteiger partial charge < -0.3 is 5.32 Å². The van der Waals surface area contributed by atoms with Gasteiger partial charge in [0.2, 0.25) is 5.91 Å². The molecule has 3 aromatic rings. The van der Waals surface area contributed by atoms with Gasteiger partial charge in [0.15, 0.2) is 0 Å². The van der Waals surface area contributed by atoms with Crippen LogP contribution in [0.2, 0.25) is 0 Å². The van der Waals surface area contributed by atoms with Gasteiger partial charge in [-0.3, -0.25) is 4.79 Å². The third-order valence-corrected chi connectivity index (χ3v) is 4.45. The molecule has 1 N–H and O–H groups in total. The van der Waals surface area contributed by atoms with E-state index >= 15 is 0 Å². The van der Waals surface area contributed by atoms with Gasteiger partial charge in [-0.2, -0.15) is 0 Å². The smallest absolute Gasteiger partial charge is 0.225 e. The van der Waals surface area contributed by atoms with E-state index in [1.807, 2.05) is 48.5 Å². The molecule has 4 heteroatoms. The first-order valence-electron chi connectivity index (χ1n) is 7.56. The minimum atomic E-state index is 0.0289. The molecule has 3 nitrogen and oxygen atoms in total. The third kappa shape index (κ3) is 4.11. The second kappa shape index (κ2) is 7.29. The Balaban J connectivity index is 1.57. The largest absolute Gasteiger partial charge is 0.326 e. The number of carbonyl (C=O) groups is 1. The van der Waals surface area contributed by atoms with E-state index < -0.39 is 0 Å². The van der Waals surface area contributed by atoms with Crippen molar-refractivity contribution in [1.29, 1.82) is 0 Å². The summed E-state index contributed by atoms with van der Waals surface area (Å²) in [7, 11) is 0. The molecule has 0 radical (unpaired) electrons. The summed E-state index contributed by atoms with van der Waals surface area (Å²) in [5, 5.41) is 5.04. The van der Waals surface area contributed by atoms with Crippen molar-refractivity contribution >= 4 is 34.3 Å². The fourth-order valence-corrected chi connectivity index (χ4v) is 3.31. The van der Waals surface area contributed by atoms with Crippen molar-refractivity contribution in [3.63, 3.8) is 0 Å². The molecule has 3 rings (SSSR count). The van der Waals surface area contributed by atoms with Gasteiger partial charge in [0.1, 0.15) is 0 Å². The first-order chi connectivity index (χ1) is 11.2. The Morgan fingerprint density at radius 2 is 1.83 bits per heavy atom. The van der Waals surface area contributed by atoms with Gasteiger partial charge in [-0.05, 0) is 36.8 Å². The number of hydrogen-bond donors (Lipinski definition) is 1. The van der Waals surface area contributed by atoms with Crippen LogP contribution in [0.25, 0.3) is 10.9 Å². The van der Waals surface area contributed by atoms with Gasteiger partial charge in [-0.15, -0.1) is 11.8 Å². The van der Waals surface area contributed by atoms with E-state index in [2.05, 4.69) is 29.4 Å². The zero-order valence-corrected chi connectivity index (χ0v) is 13.8. The molecule has 0 bridgehead atoms. The summed E-state index contributed by atoms with van der Waals surface area (Å²) < 4.78 is 0. The minimum absolute atomic E-state index is 0.0289. The number of aromatic nitrogens is 1. The van der Waals surface area contributed by atoms with E-state index in [1.54, 1.807) is 11.8 Å². The molecule has 0 saturated carbocycles. The molecule has 0 aliphatic carbocycles. The maximum Gasteiger partial charge on any atom is 0.225 e. The van der Waals surface area contributed by atoms with Gasteiger partial charge >= 0.3 is 0 Å². The average molecular weight is 322 g/mol. The SMILES string of the molecule is Cc1cc(SCCC(=O)Nc2ccccc2)nc2ccccc12. The monoisotopic (exact) mass is 322 g/mol. The molecule has 0 spiro atoms. The summed E-state index contributed by atoms with van der Waals surface area (Å²) in [6.45, 7) is 2.09. The molecule has 1 heterocycles. The molecule has 2 aromatic carbocycles. The molecule has 116 valence electrons. The topological polar surface area (TPSA) is 42.0 Å². The first-order valence-corrected chi connectivity index (χ1v) is 8.55. The molecule has 0 saturated heterocycles. The molecule has 0 fully saturated rings. The summed E-state index contributed by atoms with van der Waals surface area (Å²) in [5.74, 6) is 0.741. The van der Waals surface area contributed by atoms with Crippen LogP contribution in [0.4, 0.5) is 5.69 Å². The molecule has 1 amide bonds. The average Bonchev–Trinajstić information content (AvgIpc) is 2.56. The van der Waals surface area contributed by atoms with Crippen molar-refractivity contribution in [3.8, 4) is 0 Å². The Morgan fingerprint density at radius 1 is 1.09 bits per heavy atom. The molecule has 0 atom stereocenters. The fourth-order valence-electron chi connectivity index (χ4n) is 2.39. The van der Waals surface area contributed by atoms with Crippen LogP contribution in [-0.2, 0) is 4.79 Å². The zero-order valence-electron chi connectivity index (χ0n) is 13.0. The third-order valence-electron chi connectivity index (χ3n) is 3.54. The van der Waals surface area contributed by atoms with Crippen molar-refractivity contribution in [3.05, 3.63) is 66.2 Å². The van der Waals surface area contributed by atoms with Gasteiger partial charge in [0, 0.05) is 23.2 Å². The summed E-state index contributed by atoms with van der Waals surface area (Å²) in [6, 6.07) is 19.7. The number of fused-ring (bicyclic) bond motifs is 1. The van der Waals surface area contributed by atoms with E-state index in [0.717, 1.165) is 16.2 Å². The minimum Gasteiger partial charge on any atom is -0.326 e. The van der Waals surface area contributed by atoms with E-state index in [1.165, 1.54) is 10.9 Å². The van der Waals surface area contributed by atoms with Crippen molar-refractivity contribution in [2.75, 3.05) is 11.1 Å². The van der Waals surface area contributed by atoms with Crippen LogP contribution in [0.3, 0.4) is 0 Å². The number of pyridine rings is 1. The first kappa shape index (κ1) is 15.6. The highest BCUT2D eigenvalue weighted by Crippen LogP contribution is 2.24. The van der Waals surface area contributed by atoms with Gasteiger partial charge in [-0.1, -0.05) is 36.4 Å². The van der Waals surface area contributed by atoms with E-state index in [9.17, 15) is 4.79 Å². The molecule has 0 aliphatic rings. The van der Waals surface area contributed by atoms with Gasteiger partial charge in [0.05, 0.1) is 10.5 Å². The molecule has 0 aliphatic heterocycles. The lowest BCUT2D eigenvalue weighted by Crippen LogP contribution is -2.11. The standard InChI is InChI=1S/C19H18N2OS/c1-14-13-19(21-17-10-6-5-9-16(14)17)23-12-11-18(22)20-15-7-3-2-4-8-15/h2-10,13H,11-12H2,1H3,(H,20,22). The van der Waals surface area contributed by atoms with Crippen LogP contribution >= 0.6 is 11.8 Å². The number of nitrogens with one attached hydrogen (secondary N) is 1. The van der Waals surface area contributed by atoms with Crippen LogP contribution < -0.4 is 5.32 Å². The fraction of sp³-hybridized carbons (Fsp3) is 0.158. The number of amides is 1. The Hall–Kier alpha value is -2.33. The second-order valence-corrected chi connectivity index (χ2v) is 6.42. The number of carbonyl (C=O) groups excluding carboxylic acids is 1. The normalized spacial score (nSPS) is 10.7. The summed E-state index contributed by atoms with van der Waals surface area (Å²) >= 11 is 1.62. The quantitative estimate of drug-likeness (QED) is 0.694. The van der Waals surface area contributed by atoms with Crippen molar-refractivity contribution < 1.29 is 4.79 Å². The number of nitrogens with zero attached hydrogens (tertiary/aromatic N) is 1. The maximum absolute atomic E-state index is 11.9. The van der Waals surface area contributed by atoms with Crippen LogP contribution in [-0.4, -0.2) is 16.6 Å².